The molecule has 7 aromatic heterocycles. The molecule has 47 nitrogen and oxygen atoms in total. The summed E-state index contributed by atoms with van der Waals surface area (Å²) in [5.74, 6) is -1.46. The van der Waals surface area contributed by atoms with Gasteiger partial charge in [0.2, 0.25) is 11.9 Å². The number of aliphatic hydroxyl groups excluding tert-OH is 5. The third-order valence-electron chi connectivity index (χ3n) is 14.1. The molecule has 7 aromatic rings. The highest BCUT2D eigenvalue weighted by Crippen LogP contribution is 2.54. The minimum absolute atomic E-state index is 0.0559. The molecular weight excluding hydrogens is 1310 g/mol. The quantitative estimate of drug-likeness (QED) is 0.0280. The Morgan fingerprint density at radius 2 is 1.00 bits per heavy atom. The third-order valence-corrected chi connectivity index (χ3v) is 17.4. The van der Waals surface area contributed by atoms with Gasteiger partial charge < -0.3 is 82.1 Å². The van der Waals surface area contributed by atoms with E-state index in [1.165, 1.54) is 0 Å². The summed E-state index contributed by atoms with van der Waals surface area (Å²) in [4.78, 5) is 139. The monoisotopic (exact) mass is 1360 g/mol. The molecule has 90 heavy (non-hydrogen) atoms. The lowest BCUT2D eigenvalue weighted by molar-refractivity contribution is -0.0637. The van der Waals surface area contributed by atoms with Gasteiger partial charge in [-0.15, -0.1) is 9.42 Å². The van der Waals surface area contributed by atoms with Gasteiger partial charge in [0.1, 0.15) is 97.5 Å². The first-order valence-electron chi connectivity index (χ1n) is 25.5. The second-order valence-corrected chi connectivity index (χ2v) is 24.7. The van der Waals surface area contributed by atoms with Crippen molar-refractivity contribution in [2.45, 2.75) is 98.2 Å². The topological polar surface area (TPSA) is 702 Å². The molecule has 4 unspecified atom stereocenters. The van der Waals surface area contributed by atoms with Crippen LogP contribution in [0.15, 0.2) is 48.9 Å². The van der Waals surface area contributed by atoms with Gasteiger partial charge >= 0.3 is 48.8 Å². The number of hydrogen-bond donors (Lipinski definition) is 17. The first-order chi connectivity index (χ1) is 42.4. The number of aromatic amines is 4. The van der Waals surface area contributed by atoms with Gasteiger partial charge in [-0.05, 0) is 6.07 Å². The van der Waals surface area contributed by atoms with E-state index in [2.05, 4.69) is 54.4 Å². The number of phosphoric ester groups is 3. The summed E-state index contributed by atoms with van der Waals surface area (Å²) in [5.41, 5.74) is 15.4. The summed E-state index contributed by atoms with van der Waals surface area (Å²) in [6, 6.07) is 1.12. The maximum atomic E-state index is 14.2. The predicted molar refractivity (Wildman–Crippen MR) is 287 cm³/mol. The minimum atomic E-state index is -5.85. The molecule has 4 fully saturated rings. The van der Waals surface area contributed by atoms with E-state index in [1.54, 1.807) is 0 Å². The van der Waals surface area contributed by atoms with Crippen molar-refractivity contribution in [3.05, 3.63) is 77.1 Å². The summed E-state index contributed by atoms with van der Waals surface area (Å²) < 4.78 is 115. The fraction of sp³-hybridized carbons (Fsp3) is 0.513. The number of fused-ring (bicyclic) bond motifs is 3. The highest BCUT2D eigenvalue weighted by Gasteiger charge is 2.55. The van der Waals surface area contributed by atoms with Gasteiger partial charge in [-0.2, -0.15) is 15.0 Å². The Hall–Kier alpha value is -7.08. The van der Waals surface area contributed by atoms with Crippen molar-refractivity contribution in [2.75, 3.05) is 49.4 Å². The van der Waals surface area contributed by atoms with Crippen LogP contribution in [-0.2, 0) is 68.9 Å². The van der Waals surface area contributed by atoms with Crippen LogP contribution in [-0.4, -0.2) is 213 Å². The first kappa shape index (κ1) is 64.4. The van der Waals surface area contributed by atoms with E-state index < -0.39 is 219 Å². The average Bonchev–Trinajstić information content (AvgIpc) is 1.63. The van der Waals surface area contributed by atoms with E-state index in [0.717, 1.165) is 29.5 Å². The Kier molecular flexibility index (Phi) is 17.6. The third kappa shape index (κ3) is 12.6. The zero-order valence-electron chi connectivity index (χ0n) is 44.6. The molecule has 0 aromatic carbocycles. The number of nitrogen functional groups attached to an aromatic ring is 4. The number of hydrogen-bond acceptors (Lipinski definition) is 35. The normalized spacial score (nSPS) is 31.0. The smallest absolute Gasteiger partial charge is 0.387 e. The van der Waals surface area contributed by atoms with Crippen molar-refractivity contribution in [3.63, 3.8) is 0 Å². The summed E-state index contributed by atoms with van der Waals surface area (Å²) in [7, 11) is -20.6. The van der Waals surface area contributed by atoms with Crippen LogP contribution in [0, 0.1) is 0 Å². The Bertz CT molecular complexity index is 4390. The molecule has 51 heteroatoms. The second kappa shape index (κ2) is 24.5. The molecule has 4 aliphatic rings. The summed E-state index contributed by atoms with van der Waals surface area (Å²) in [6.45, 7) is -4.76. The largest absolute Gasteiger partial charge is 0.694 e. The van der Waals surface area contributed by atoms with Crippen molar-refractivity contribution in [3.8, 4) is 0 Å². The number of ether oxygens (including phenoxy) is 4. The van der Waals surface area contributed by atoms with Gasteiger partial charge in [0.15, 0.2) is 58.7 Å². The van der Waals surface area contributed by atoms with E-state index in [4.69, 9.17) is 69.0 Å². The molecular formula is C39H49N18O29P4+. The number of nitrogens with one attached hydrogen (secondary N) is 4. The molecule has 20 atom stereocenters. The van der Waals surface area contributed by atoms with Crippen LogP contribution in [0.1, 0.15) is 24.9 Å². The number of imidazole rings is 3. The molecule has 0 spiro atoms. The average molecular weight is 1360 g/mol. The molecule has 11 heterocycles. The molecule has 21 N–H and O–H groups in total. The zero-order chi connectivity index (χ0) is 64.8. The lowest BCUT2D eigenvalue weighted by Crippen LogP contribution is -2.39. The highest BCUT2D eigenvalue weighted by molar-refractivity contribution is 7.48. The van der Waals surface area contributed by atoms with Crippen LogP contribution in [0.25, 0.3) is 33.5 Å². The molecule has 0 radical (unpaired) electrons. The zero-order valence-corrected chi connectivity index (χ0v) is 48.2. The first-order valence-corrected chi connectivity index (χ1v) is 31.1. The van der Waals surface area contributed by atoms with Crippen LogP contribution >= 0.6 is 31.7 Å². The van der Waals surface area contributed by atoms with E-state index >= 15 is 0 Å². The van der Waals surface area contributed by atoms with Gasteiger partial charge in [0, 0.05) is 10.8 Å². The second-order valence-electron chi connectivity index (χ2n) is 19.8. The highest BCUT2D eigenvalue weighted by atomic mass is 31.2. The van der Waals surface area contributed by atoms with Crippen LogP contribution in [0.2, 0.25) is 0 Å². The van der Waals surface area contributed by atoms with Crippen LogP contribution in [0.4, 0.5) is 23.5 Å². The fourth-order valence-electron chi connectivity index (χ4n) is 10.1. The lowest BCUT2D eigenvalue weighted by atomic mass is 10.1. The van der Waals surface area contributed by atoms with E-state index in [1.807, 2.05) is 0 Å². The Labute approximate surface area is 494 Å². The number of rotatable bonds is 22. The summed E-state index contributed by atoms with van der Waals surface area (Å²) in [5, 5.41) is 56.8. The molecule has 0 saturated carbocycles. The summed E-state index contributed by atoms with van der Waals surface area (Å²) >= 11 is 0. The van der Waals surface area contributed by atoms with Crippen LogP contribution in [0.3, 0.4) is 0 Å². The maximum absolute atomic E-state index is 14.2. The molecule has 11 rings (SSSR count). The van der Waals surface area contributed by atoms with Crippen molar-refractivity contribution < 1.29 is 114 Å². The number of aromatic nitrogens is 14. The van der Waals surface area contributed by atoms with Crippen LogP contribution < -0.4 is 51.1 Å². The van der Waals surface area contributed by atoms with Gasteiger partial charge in [-0.1, -0.05) is 0 Å². The number of H-pyrrole nitrogens is 4. The van der Waals surface area contributed by atoms with Crippen LogP contribution in [0.5, 0.6) is 0 Å². The molecule has 0 amide bonds. The standard InChI is InChI=1S/C39H48N18O29P4/c40-13-1-2-54(37(65)47-13)31-19(60)22(10(81-31)3-76-87(68)69)84-89(72,73)78-5-11-23(20(61)32(82-11)55-8-46-14-25(41)44-7-45-26(14)55)85-90(74,75)79-6-12-24(21(62)34(83-12)57-28-16(49-39(57)67)30(64)53-36(43)51-28)86-88(70,71)77-4-9-17(58)18(59)33(80-9)56-27-15(48-38(56)66)29(63)52-35(42)50-27/h1-2,7-12,17-24,31-34,58-62H,3-6H2,(H15-,40,41,42,43,44,45,47,48,49,50,51,52,53,63,64,65,66,67,68,69,70,71,72,73,74,75)/p+1/t9-,10-,11-,12-,17-,18-,19-,20-,21-,22-,23-,24-,31-,32-,33-,34-/m1/s1. The van der Waals surface area contributed by atoms with Crippen molar-refractivity contribution in [1.29, 1.82) is 0 Å². The number of phosphoric acid groups is 3. The number of nitrogens with zero attached hydrogens (tertiary/aromatic N) is 10. The molecule has 0 bridgehead atoms. The number of aliphatic hydroxyl groups is 5. The van der Waals surface area contributed by atoms with Crippen molar-refractivity contribution >= 4 is 88.7 Å². The lowest BCUT2D eigenvalue weighted by Gasteiger charge is -2.26. The summed E-state index contributed by atoms with van der Waals surface area (Å²) in [6.07, 6.45) is -29.5. The Balaban J connectivity index is 0.835. The molecule has 488 valence electrons. The SMILES string of the molecule is Nc1ccn([C@@H]2O[C@H](CO[P+](=O)O)[C@@H](OP(=O)(O)OC[C@H]3O[C@@H](n4cnc5c(N)ncnc54)[C@H](O)[C@@H]3OP(=O)(O)OC[C@H]3O[C@@H](n4c(=O)[nH]c5c(=O)[nH]c(N)nc54)[C@H](O)[C@@H]3OP(=O)(O)OC[C@H]3O[C@@H](n4c(=O)[nH]c5c(=O)[nH]c(N)nc54)[C@H](O)[C@@H]3O)[C@H]2O)c(=O)n1. The molecule has 4 saturated heterocycles. The Morgan fingerprint density at radius 3 is 1.50 bits per heavy atom. The predicted octanol–water partition coefficient (Wildman–Crippen LogP) is -7.17. The number of nitrogens with two attached hydrogens (primary N) is 4. The minimum Gasteiger partial charge on any atom is -0.387 e. The van der Waals surface area contributed by atoms with Gasteiger partial charge in [-0.3, -0.25) is 65.8 Å². The van der Waals surface area contributed by atoms with Crippen molar-refractivity contribution in [1.82, 2.24) is 68.1 Å². The Morgan fingerprint density at radius 1 is 0.556 bits per heavy atom. The van der Waals surface area contributed by atoms with Crippen molar-refractivity contribution in [2.24, 2.45) is 0 Å². The van der Waals surface area contributed by atoms with E-state index in [-0.39, 0.29) is 22.8 Å². The van der Waals surface area contributed by atoms with E-state index in [0.29, 0.717) is 13.7 Å². The molecule has 0 aliphatic carbocycles. The van der Waals surface area contributed by atoms with E-state index in [9.17, 15) is 87.3 Å². The van der Waals surface area contributed by atoms with Gasteiger partial charge in [-0.25, -0.2) is 52.2 Å². The van der Waals surface area contributed by atoms with Gasteiger partial charge in [0.25, 0.3) is 11.1 Å². The van der Waals surface area contributed by atoms with Gasteiger partial charge in [0.05, 0.1) is 26.1 Å². The maximum Gasteiger partial charge on any atom is 0.694 e. The number of anilines is 4. The fourth-order valence-corrected chi connectivity index (χ4v) is 13.3. The molecule has 4 aliphatic heterocycles.